The number of nitro groups is 1. The lowest BCUT2D eigenvalue weighted by Gasteiger charge is -2.34. The summed E-state index contributed by atoms with van der Waals surface area (Å²) in [6.07, 6.45) is -0.779. The van der Waals surface area contributed by atoms with Gasteiger partial charge in [-0.3, -0.25) is 19.2 Å². The Morgan fingerprint density at radius 2 is 1.68 bits per heavy atom. The third kappa shape index (κ3) is 3.79. The van der Waals surface area contributed by atoms with Crippen LogP contribution < -0.4 is 4.90 Å². The lowest BCUT2D eigenvalue weighted by molar-refractivity contribution is -0.384. The molecule has 0 N–H and O–H groups in total. The summed E-state index contributed by atoms with van der Waals surface area (Å²) in [5, 5.41) is 11.5. The molecule has 0 radical (unpaired) electrons. The Bertz CT molecular complexity index is 808. The number of hydrogen-bond acceptors (Lipinski definition) is 6. The van der Waals surface area contributed by atoms with Crippen molar-refractivity contribution in [2.75, 3.05) is 64.3 Å². The van der Waals surface area contributed by atoms with Gasteiger partial charge in [-0.1, -0.05) is 0 Å². The van der Waals surface area contributed by atoms with Crippen molar-refractivity contribution in [3.05, 3.63) is 33.6 Å². The Morgan fingerprint density at radius 1 is 1.11 bits per heavy atom. The van der Waals surface area contributed by atoms with Gasteiger partial charge in [0.15, 0.2) is 0 Å². The third-order valence-electron chi connectivity index (χ3n) is 5.43. The van der Waals surface area contributed by atoms with Crippen molar-refractivity contribution in [2.45, 2.75) is 13.0 Å². The maximum absolute atomic E-state index is 14.8. The lowest BCUT2D eigenvalue weighted by Crippen LogP contribution is -2.44. The minimum Gasteiger partial charge on any atom is -0.363 e. The van der Waals surface area contributed by atoms with E-state index in [2.05, 4.69) is 4.90 Å². The van der Waals surface area contributed by atoms with Crippen LogP contribution in [0.1, 0.15) is 18.6 Å². The zero-order chi connectivity index (χ0) is 20.1. The van der Waals surface area contributed by atoms with Crippen LogP contribution >= 0.6 is 7.67 Å². The molecule has 0 spiro atoms. The van der Waals surface area contributed by atoms with Crippen LogP contribution in [0, 0.1) is 15.9 Å². The van der Waals surface area contributed by atoms with Crippen molar-refractivity contribution < 1.29 is 18.4 Å². The topological polar surface area (TPSA) is 81.9 Å². The van der Waals surface area contributed by atoms with Gasteiger partial charge in [0.2, 0.25) is 0 Å². The van der Waals surface area contributed by atoms with E-state index in [1.54, 1.807) is 16.3 Å². The molecule has 11 heteroatoms. The van der Waals surface area contributed by atoms with Gasteiger partial charge in [0.1, 0.15) is 11.5 Å². The van der Waals surface area contributed by atoms with Gasteiger partial charge in [-0.15, -0.1) is 0 Å². The van der Waals surface area contributed by atoms with Crippen molar-refractivity contribution in [1.29, 1.82) is 0 Å². The highest BCUT2D eigenvalue weighted by molar-refractivity contribution is 7.54. The number of nitrogens with zero attached hydrogens (tertiary/aromatic N) is 5. The van der Waals surface area contributed by atoms with E-state index in [-0.39, 0.29) is 11.3 Å². The van der Waals surface area contributed by atoms with Gasteiger partial charge in [-0.25, -0.2) is 13.7 Å². The van der Waals surface area contributed by atoms with Crippen molar-refractivity contribution in [3.63, 3.8) is 0 Å². The average Bonchev–Trinajstić information content (AvgIpc) is 3.54. The average molecular weight is 413 g/mol. The summed E-state index contributed by atoms with van der Waals surface area (Å²) >= 11 is 0. The van der Waals surface area contributed by atoms with Gasteiger partial charge in [-0.05, 0) is 20.0 Å². The number of nitro benzene ring substituents is 1. The number of halogens is 1. The van der Waals surface area contributed by atoms with Crippen LogP contribution in [0.4, 0.5) is 15.8 Å². The van der Waals surface area contributed by atoms with Crippen LogP contribution in [-0.2, 0) is 9.09 Å². The van der Waals surface area contributed by atoms with Crippen LogP contribution in [0.5, 0.6) is 0 Å². The van der Waals surface area contributed by atoms with Crippen molar-refractivity contribution >= 4 is 19.0 Å². The van der Waals surface area contributed by atoms with Gasteiger partial charge in [-0.2, -0.15) is 0 Å². The summed E-state index contributed by atoms with van der Waals surface area (Å²) in [4.78, 5) is 15.0. The molecule has 1 aromatic rings. The standard InChI is InChI=1S/C17H25FN5O4P/c1-13(27-28(26,21-7-8-21)22-9-10-22)14-11-16(17(23(24)25)12-15(14)18)20-5-3-19(2)4-6-20/h11-13H,3-10H2,1-2H3. The van der Waals surface area contributed by atoms with E-state index in [9.17, 15) is 19.1 Å². The fourth-order valence-electron chi connectivity index (χ4n) is 3.50. The SMILES string of the molecule is CC(OP(=O)(N1CC1)N1CC1)c1cc(N2CCN(C)CC2)c([N+](=O)[O-])cc1F. The van der Waals surface area contributed by atoms with Crippen LogP contribution in [0.15, 0.2) is 12.1 Å². The highest BCUT2D eigenvalue weighted by Gasteiger charge is 2.50. The molecule has 3 fully saturated rings. The summed E-state index contributed by atoms with van der Waals surface area (Å²) in [6.45, 7) is 7.26. The van der Waals surface area contributed by atoms with E-state index in [1.165, 1.54) is 6.07 Å². The molecule has 3 saturated heterocycles. The molecule has 1 aromatic carbocycles. The first kappa shape index (κ1) is 19.7. The summed E-state index contributed by atoms with van der Waals surface area (Å²) in [6, 6.07) is 2.46. The molecule has 1 atom stereocenters. The fraction of sp³-hybridized carbons (Fsp3) is 0.647. The Balaban J connectivity index is 1.63. The molecule has 3 aliphatic heterocycles. The van der Waals surface area contributed by atoms with E-state index in [1.807, 2.05) is 11.9 Å². The quantitative estimate of drug-likeness (QED) is 0.292. The summed E-state index contributed by atoms with van der Waals surface area (Å²) in [5.41, 5.74) is 0.333. The third-order valence-corrected chi connectivity index (χ3v) is 8.25. The van der Waals surface area contributed by atoms with E-state index in [0.717, 1.165) is 19.2 Å². The number of rotatable bonds is 7. The first-order chi connectivity index (χ1) is 13.3. The highest BCUT2D eigenvalue weighted by Crippen LogP contribution is 2.63. The zero-order valence-corrected chi connectivity index (χ0v) is 17.0. The largest absolute Gasteiger partial charge is 0.363 e. The number of benzene rings is 1. The van der Waals surface area contributed by atoms with Gasteiger partial charge in [0.25, 0.3) is 5.69 Å². The monoisotopic (exact) mass is 413 g/mol. The minimum atomic E-state index is -3.12. The molecule has 0 bridgehead atoms. The highest BCUT2D eigenvalue weighted by atomic mass is 31.2. The molecule has 1 unspecified atom stereocenters. The van der Waals surface area contributed by atoms with Crippen LogP contribution in [0.2, 0.25) is 0 Å². The molecule has 0 saturated carbocycles. The van der Waals surface area contributed by atoms with Gasteiger partial charge < -0.3 is 9.80 Å². The molecule has 0 aliphatic carbocycles. The first-order valence-corrected chi connectivity index (χ1v) is 11.0. The molecular weight excluding hydrogens is 388 g/mol. The van der Waals surface area contributed by atoms with Crippen molar-refractivity contribution in [2.24, 2.45) is 0 Å². The Morgan fingerprint density at radius 3 is 2.18 bits per heavy atom. The smallest absolute Gasteiger partial charge is 0.346 e. The second kappa shape index (κ2) is 7.35. The normalized spacial score (nSPS) is 22.3. The first-order valence-electron chi connectivity index (χ1n) is 9.50. The minimum absolute atomic E-state index is 0.198. The lowest BCUT2D eigenvalue weighted by atomic mass is 10.1. The Hall–Kier alpha value is -1.58. The number of hydrogen-bond donors (Lipinski definition) is 0. The number of piperazine rings is 1. The Kier molecular flexibility index (Phi) is 5.18. The van der Waals surface area contributed by atoms with E-state index in [0.29, 0.717) is 45.0 Å². The summed E-state index contributed by atoms with van der Waals surface area (Å²) in [7, 11) is -1.13. The van der Waals surface area contributed by atoms with E-state index < -0.39 is 24.5 Å². The summed E-state index contributed by atoms with van der Waals surface area (Å²) in [5.74, 6) is -0.708. The van der Waals surface area contributed by atoms with Gasteiger partial charge >= 0.3 is 7.67 Å². The molecule has 0 aromatic heterocycles. The molecule has 3 aliphatic rings. The van der Waals surface area contributed by atoms with E-state index >= 15 is 0 Å². The van der Waals surface area contributed by atoms with Gasteiger partial charge in [0, 0.05) is 57.9 Å². The van der Waals surface area contributed by atoms with Crippen molar-refractivity contribution in [1.82, 2.24) is 14.2 Å². The molecular formula is C17H25FN5O4P. The van der Waals surface area contributed by atoms with Crippen LogP contribution in [-0.4, -0.2) is 78.6 Å². The van der Waals surface area contributed by atoms with Crippen LogP contribution in [0.3, 0.4) is 0 Å². The van der Waals surface area contributed by atoms with Gasteiger partial charge in [0.05, 0.1) is 17.1 Å². The Labute approximate surface area is 163 Å². The predicted molar refractivity (Wildman–Crippen MR) is 103 cm³/mol. The molecule has 154 valence electrons. The number of likely N-dealkylation sites (N-methyl/N-ethyl adjacent to an activating group) is 1. The second-order valence-corrected chi connectivity index (χ2v) is 9.88. The molecule has 9 nitrogen and oxygen atoms in total. The predicted octanol–water partition coefficient (Wildman–Crippen LogP) is 2.30. The zero-order valence-electron chi connectivity index (χ0n) is 16.1. The number of anilines is 1. The molecule has 28 heavy (non-hydrogen) atoms. The maximum Gasteiger partial charge on any atom is 0.346 e. The second-order valence-electron chi connectivity index (χ2n) is 7.56. The molecule has 0 amide bonds. The van der Waals surface area contributed by atoms with E-state index in [4.69, 9.17) is 4.52 Å². The maximum atomic E-state index is 14.8. The fourth-order valence-corrected chi connectivity index (χ4v) is 5.84. The summed E-state index contributed by atoms with van der Waals surface area (Å²) < 4.78 is 37.4. The molecule has 3 heterocycles. The van der Waals surface area contributed by atoms with Crippen molar-refractivity contribution in [3.8, 4) is 0 Å². The molecule has 4 rings (SSSR count). The van der Waals surface area contributed by atoms with Crippen LogP contribution in [0.25, 0.3) is 0 Å².